The number of rotatable bonds is 7. The Morgan fingerprint density at radius 2 is 1.61 bits per heavy atom. The second-order valence-corrected chi connectivity index (χ2v) is 13.0. The topological polar surface area (TPSA) is 151 Å². The van der Waals surface area contributed by atoms with E-state index in [0.717, 1.165) is 12.8 Å². The van der Waals surface area contributed by atoms with Crippen molar-refractivity contribution in [2.45, 2.75) is 58.3 Å². The number of urea groups is 2. The molecule has 13 nitrogen and oxygen atoms in total. The number of nitrogens with zero attached hydrogens (tertiary/aromatic N) is 2. The number of hydrogen-bond acceptors (Lipinski definition) is 8. The third kappa shape index (κ3) is 10.0. The van der Waals surface area contributed by atoms with Crippen LogP contribution in [0, 0.1) is 11.7 Å². The maximum atomic E-state index is 14.4. The molecule has 0 unspecified atom stereocenters. The highest BCUT2D eigenvalue weighted by molar-refractivity contribution is 6.02. The van der Waals surface area contributed by atoms with E-state index in [4.69, 9.17) is 18.9 Å². The Bertz CT molecular complexity index is 1680. The van der Waals surface area contributed by atoms with Gasteiger partial charge in [0, 0.05) is 55.8 Å². The molecule has 274 valence electrons. The highest BCUT2D eigenvalue weighted by atomic mass is 19.1. The molecule has 5 rings (SSSR count). The second kappa shape index (κ2) is 17.2. The molecule has 0 saturated heterocycles. The van der Waals surface area contributed by atoms with E-state index >= 15 is 0 Å². The molecule has 2 heterocycles. The Labute approximate surface area is 297 Å². The molecule has 14 heteroatoms. The van der Waals surface area contributed by atoms with Crippen LogP contribution in [0.3, 0.4) is 0 Å². The summed E-state index contributed by atoms with van der Waals surface area (Å²) in [4.78, 5) is 43.5. The summed E-state index contributed by atoms with van der Waals surface area (Å²) in [6.07, 6.45) is 1.57. The van der Waals surface area contributed by atoms with E-state index in [1.807, 2.05) is 13.8 Å². The number of hydrogen-bond donors (Lipinski definition) is 4. The minimum Gasteiger partial charge on any atom is -0.490 e. The zero-order valence-corrected chi connectivity index (χ0v) is 29.3. The Hall–Kier alpha value is -5.08. The zero-order valence-electron chi connectivity index (χ0n) is 29.3. The fourth-order valence-corrected chi connectivity index (χ4v) is 5.84. The minimum absolute atomic E-state index is 0.111. The van der Waals surface area contributed by atoms with Crippen LogP contribution in [0.1, 0.15) is 50.4 Å². The summed E-state index contributed by atoms with van der Waals surface area (Å²) in [6, 6.07) is 14.0. The van der Waals surface area contributed by atoms with E-state index in [1.54, 1.807) is 55.3 Å². The molecule has 4 N–H and O–H groups in total. The molecule has 2 aliphatic rings. The maximum absolute atomic E-state index is 14.4. The van der Waals surface area contributed by atoms with Crippen LogP contribution in [0.25, 0.3) is 0 Å². The van der Waals surface area contributed by atoms with Crippen LogP contribution in [0.5, 0.6) is 17.2 Å². The Balaban J connectivity index is 1.35. The van der Waals surface area contributed by atoms with Gasteiger partial charge >= 0.3 is 12.1 Å². The van der Waals surface area contributed by atoms with E-state index in [-0.39, 0.29) is 44.1 Å². The van der Waals surface area contributed by atoms with E-state index in [1.165, 1.54) is 29.2 Å². The van der Waals surface area contributed by atoms with Crippen molar-refractivity contribution >= 4 is 35.0 Å². The molecule has 0 aliphatic carbocycles. The maximum Gasteiger partial charge on any atom is 0.323 e. The molecule has 0 radical (unpaired) electrons. The van der Waals surface area contributed by atoms with Gasteiger partial charge in [0.2, 0.25) is 6.79 Å². The number of carbonyl (C=O) groups is 3. The van der Waals surface area contributed by atoms with Crippen molar-refractivity contribution in [1.29, 1.82) is 0 Å². The minimum atomic E-state index is -0.579. The lowest BCUT2D eigenvalue weighted by atomic mass is 10.0. The summed E-state index contributed by atoms with van der Waals surface area (Å²) in [6.45, 7) is 6.27. The third-order valence-corrected chi connectivity index (χ3v) is 8.84. The van der Waals surface area contributed by atoms with E-state index < -0.39 is 35.9 Å². The van der Waals surface area contributed by atoms with Crippen molar-refractivity contribution in [3.8, 4) is 17.2 Å². The molecule has 51 heavy (non-hydrogen) atoms. The molecular formula is C37H46FN5O8. The van der Waals surface area contributed by atoms with Gasteiger partial charge in [-0.15, -0.1) is 0 Å². The predicted molar refractivity (Wildman–Crippen MR) is 190 cm³/mol. The number of ether oxygens (including phenoxy) is 4. The quantitative estimate of drug-likeness (QED) is 0.228. The lowest BCUT2D eigenvalue weighted by molar-refractivity contribution is -0.0115. The summed E-state index contributed by atoms with van der Waals surface area (Å²) < 4.78 is 36.7. The van der Waals surface area contributed by atoms with E-state index in [0.29, 0.717) is 47.3 Å². The molecular weight excluding hydrogens is 661 g/mol. The van der Waals surface area contributed by atoms with Gasteiger partial charge in [0.1, 0.15) is 11.6 Å². The fraction of sp³-hybridized carbons (Fsp3) is 0.432. The van der Waals surface area contributed by atoms with Gasteiger partial charge in [-0.3, -0.25) is 4.79 Å². The van der Waals surface area contributed by atoms with Crippen LogP contribution in [0.4, 0.5) is 31.0 Å². The van der Waals surface area contributed by atoms with E-state index in [9.17, 15) is 23.9 Å². The number of anilines is 3. The van der Waals surface area contributed by atoms with Gasteiger partial charge in [0.05, 0.1) is 30.4 Å². The Morgan fingerprint density at radius 1 is 0.941 bits per heavy atom. The molecule has 0 aromatic heterocycles. The average molecular weight is 708 g/mol. The van der Waals surface area contributed by atoms with Crippen molar-refractivity contribution in [2.24, 2.45) is 5.92 Å². The van der Waals surface area contributed by atoms with Gasteiger partial charge in [0.15, 0.2) is 11.5 Å². The van der Waals surface area contributed by atoms with Gasteiger partial charge in [-0.1, -0.05) is 6.92 Å². The van der Waals surface area contributed by atoms with Crippen LogP contribution in [-0.2, 0) is 4.74 Å². The van der Waals surface area contributed by atoms with Crippen molar-refractivity contribution in [3.63, 3.8) is 0 Å². The first-order valence-corrected chi connectivity index (χ1v) is 17.1. The number of amides is 5. The highest BCUT2D eigenvalue weighted by Crippen LogP contribution is 2.34. The monoisotopic (exact) mass is 707 g/mol. The number of aliphatic hydroxyl groups excluding tert-OH is 1. The standard InChI is InChI=1S/C37H46FN5O8/c1-23-19-43(24(2)21-44)35(45)30-17-28(39-36(46)40-29-13-15-32-33(18-29)50-22-49-32)12-14-31(30)51-25(3)7-5-6-16-48-34(23)20-42(4)37(47)41-27-10-8-26(38)9-11-27/h8-15,17-18,23-25,34,44H,5-7,16,19-22H2,1-4H3,(H,41,47)(H2,39,40,46)/t23-,24+,25-,34-/m1/s1. The van der Waals surface area contributed by atoms with Crippen LogP contribution in [0.2, 0.25) is 0 Å². The van der Waals surface area contributed by atoms with Gasteiger partial charge < -0.3 is 49.8 Å². The molecule has 0 spiro atoms. The molecule has 0 saturated carbocycles. The molecule has 0 fully saturated rings. The molecule has 3 aromatic carbocycles. The third-order valence-electron chi connectivity index (χ3n) is 8.84. The summed E-state index contributed by atoms with van der Waals surface area (Å²) in [5, 5.41) is 18.6. The number of aliphatic hydroxyl groups is 1. The normalized spacial score (nSPS) is 19.9. The predicted octanol–water partition coefficient (Wildman–Crippen LogP) is 6.16. The van der Waals surface area contributed by atoms with Crippen LogP contribution < -0.4 is 30.2 Å². The van der Waals surface area contributed by atoms with Crippen LogP contribution in [0.15, 0.2) is 60.7 Å². The van der Waals surface area contributed by atoms with Crippen molar-refractivity contribution in [3.05, 3.63) is 72.0 Å². The highest BCUT2D eigenvalue weighted by Gasteiger charge is 2.31. The lowest BCUT2D eigenvalue weighted by Crippen LogP contribution is -2.48. The van der Waals surface area contributed by atoms with Crippen molar-refractivity contribution in [2.75, 3.05) is 56.1 Å². The van der Waals surface area contributed by atoms with Gasteiger partial charge in [-0.05, 0) is 87.7 Å². The first-order valence-electron chi connectivity index (χ1n) is 17.1. The summed E-state index contributed by atoms with van der Waals surface area (Å²) in [7, 11) is 1.64. The zero-order chi connectivity index (χ0) is 36.5. The Morgan fingerprint density at radius 3 is 2.33 bits per heavy atom. The van der Waals surface area contributed by atoms with Gasteiger partial charge in [-0.25, -0.2) is 14.0 Å². The summed E-state index contributed by atoms with van der Waals surface area (Å²) >= 11 is 0. The first-order chi connectivity index (χ1) is 24.5. The Kier molecular flexibility index (Phi) is 12.6. The van der Waals surface area contributed by atoms with Gasteiger partial charge in [0.25, 0.3) is 5.91 Å². The smallest absolute Gasteiger partial charge is 0.323 e. The van der Waals surface area contributed by atoms with E-state index in [2.05, 4.69) is 16.0 Å². The molecule has 0 bridgehead atoms. The van der Waals surface area contributed by atoms with Crippen molar-refractivity contribution in [1.82, 2.24) is 9.80 Å². The number of halogens is 1. The average Bonchev–Trinajstić information content (AvgIpc) is 3.58. The molecule has 4 atom stereocenters. The molecule has 3 aromatic rings. The first kappa shape index (κ1) is 37.2. The lowest BCUT2D eigenvalue weighted by Gasteiger charge is -2.35. The summed E-state index contributed by atoms with van der Waals surface area (Å²) in [5.74, 6) is 0.398. The van der Waals surface area contributed by atoms with Crippen LogP contribution >= 0.6 is 0 Å². The fourth-order valence-electron chi connectivity index (χ4n) is 5.84. The summed E-state index contributed by atoms with van der Waals surface area (Å²) in [5.41, 5.74) is 1.53. The molecule has 5 amide bonds. The number of fused-ring (bicyclic) bond motifs is 2. The van der Waals surface area contributed by atoms with Crippen molar-refractivity contribution < 1.29 is 42.8 Å². The van der Waals surface area contributed by atoms with Gasteiger partial charge in [-0.2, -0.15) is 0 Å². The number of carbonyl (C=O) groups excluding carboxylic acids is 3. The SMILES string of the molecule is C[C@@H]1CCCCO[C@H](CN(C)C(=O)Nc2ccc(F)cc2)[C@H](C)CN([C@@H](C)CO)C(=O)c2cc(NC(=O)Nc3ccc4c(c3)OCO4)ccc2O1. The second-order valence-electron chi connectivity index (χ2n) is 13.0. The number of nitrogens with one attached hydrogen (secondary N) is 3. The number of benzene rings is 3. The molecule has 2 aliphatic heterocycles. The largest absolute Gasteiger partial charge is 0.490 e. The number of likely N-dealkylation sites (N-methyl/N-ethyl adjacent to an activating group) is 1. The van der Waals surface area contributed by atoms with Crippen LogP contribution in [-0.4, -0.2) is 91.3 Å².